The van der Waals surface area contributed by atoms with Gasteiger partial charge in [-0.05, 0) is 12.1 Å². The number of hydrogen-bond donors (Lipinski definition) is 2. The van der Waals surface area contributed by atoms with Crippen molar-refractivity contribution < 1.29 is 14.0 Å². The van der Waals surface area contributed by atoms with Crippen molar-refractivity contribution in [2.45, 2.75) is 13.5 Å². The molecule has 0 spiro atoms. The van der Waals surface area contributed by atoms with Crippen molar-refractivity contribution in [2.24, 2.45) is 5.18 Å². The van der Waals surface area contributed by atoms with Crippen molar-refractivity contribution in [2.75, 3.05) is 7.05 Å². The van der Waals surface area contributed by atoms with E-state index in [0.717, 1.165) is 0 Å². The maximum atomic E-state index is 11.2. The third-order valence-corrected chi connectivity index (χ3v) is 2.27. The predicted octanol–water partition coefficient (Wildman–Crippen LogP) is -0.201. The van der Waals surface area contributed by atoms with Gasteiger partial charge in [-0.2, -0.15) is 10.1 Å². The highest BCUT2D eigenvalue weighted by Crippen LogP contribution is 2.11. The molecule has 0 aromatic carbocycles. The van der Waals surface area contributed by atoms with E-state index in [4.69, 9.17) is 4.52 Å². The number of rotatable bonds is 4. The lowest BCUT2D eigenvalue weighted by Crippen LogP contribution is -2.36. The molecule has 1 amide bonds. The highest BCUT2D eigenvalue weighted by Gasteiger charge is 2.18. The summed E-state index contributed by atoms with van der Waals surface area (Å²) < 4.78 is 6.34. The van der Waals surface area contributed by atoms with Gasteiger partial charge in [0.05, 0.1) is 0 Å². The van der Waals surface area contributed by atoms with E-state index in [1.54, 1.807) is 11.6 Å². The first-order valence-electron chi connectivity index (χ1n) is 5.11. The van der Waals surface area contributed by atoms with E-state index in [-0.39, 0.29) is 12.4 Å². The number of aromatic nitrogens is 4. The van der Waals surface area contributed by atoms with Crippen LogP contribution in [0.25, 0.3) is 0 Å². The van der Waals surface area contributed by atoms with Gasteiger partial charge in [0.2, 0.25) is 18.6 Å². The zero-order valence-electron chi connectivity index (χ0n) is 9.80. The Kier molecular flexibility index (Phi) is 3.13. The second kappa shape index (κ2) is 4.73. The van der Waals surface area contributed by atoms with E-state index < -0.39 is 5.91 Å². The van der Waals surface area contributed by atoms with Gasteiger partial charge in [-0.3, -0.25) is 4.79 Å². The Morgan fingerprint density at radius 2 is 2.44 bits per heavy atom. The SMILES string of the molecule is CNC(=O)c1nc(C[n+]2cc(N=O)c(C)[nH]2)no1. The van der Waals surface area contributed by atoms with Gasteiger partial charge in [-0.25, -0.2) is 0 Å². The number of nitrogens with one attached hydrogen (secondary N) is 2. The van der Waals surface area contributed by atoms with Gasteiger partial charge in [-0.15, -0.1) is 9.59 Å². The number of nitrogens with zero attached hydrogens (tertiary/aromatic N) is 4. The van der Waals surface area contributed by atoms with Gasteiger partial charge in [0.1, 0.15) is 5.69 Å². The van der Waals surface area contributed by atoms with Gasteiger partial charge < -0.3 is 9.84 Å². The van der Waals surface area contributed by atoms with Crippen LogP contribution in [0.1, 0.15) is 22.2 Å². The molecule has 0 radical (unpaired) electrons. The molecular weight excluding hydrogens is 240 g/mol. The van der Waals surface area contributed by atoms with Crippen molar-refractivity contribution >= 4 is 11.6 Å². The minimum absolute atomic E-state index is 0.106. The minimum Gasteiger partial charge on any atom is -0.351 e. The Hall–Kier alpha value is -2.58. The lowest BCUT2D eigenvalue weighted by atomic mass is 10.4. The monoisotopic (exact) mass is 251 g/mol. The molecule has 0 aliphatic heterocycles. The molecule has 2 N–H and O–H groups in total. The molecule has 2 rings (SSSR count). The fourth-order valence-electron chi connectivity index (χ4n) is 1.40. The molecule has 2 aromatic heterocycles. The summed E-state index contributed by atoms with van der Waals surface area (Å²) in [5, 5.41) is 11.8. The molecule has 0 aliphatic carbocycles. The zero-order valence-corrected chi connectivity index (χ0v) is 9.80. The van der Waals surface area contributed by atoms with Gasteiger partial charge in [-0.1, -0.05) is 5.16 Å². The lowest BCUT2D eigenvalue weighted by Gasteiger charge is -1.87. The fourth-order valence-corrected chi connectivity index (χ4v) is 1.40. The van der Waals surface area contributed by atoms with Crippen molar-refractivity contribution in [3.63, 3.8) is 0 Å². The maximum Gasteiger partial charge on any atom is 0.316 e. The maximum absolute atomic E-state index is 11.2. The van der Waals surface area contributed by atoms with Crippen LogP contribution in [0.4, 0.5) is 5.69 Å². The van der Waals surface area contributed by atoms with Crippen molar-refractivity contribution in [3.05, 3.63) is 28.5 Å². The van der Waals surface area contributed by atoms with Crippen LogP contribution in [0, 0.1) is 11.8 Å². The Balaban J connectivity index is 2.15. The van der Waals surface area contributed by atoms with Crippen molar-refractivity contribution in [1.82, 2.24) is 20.6 Å². The largest absolute Gasteiger partial charge is 0.351 e. The quantitative estimate of drug-likeness (QED) is 0.576. The highest BCUT2D eigenvalue weighted by molar-refractivity contribution is 5.89. The van der Waals surface area contributed by atoms with Gasteiger partial charge in [0.25, 0.3) is 0 Å². The summed E-state index contributed by atoms with van der Waals surface area (Å²) in [6.45, 7) is 1.97. The third kappa shape index (κ3) is 2.24. The number of H-pyrrole nitrogens is 1. The second-order valence-corrected chi connectivity index (χ2v) is 3.57. The van der Waals surface area contributed by atoms with E-state index in [1.165, 1.54) is 13.2 Å². The van der Waals surface area contributed by atoms with Crippen molar-refractivity contribution in [1.29, 1.82) is 0 Å². The third-order valence-electron chi connectivity index (χ3n) is 2.27. The molecule has 0 saturated heterocycles. The van der Waals surface area contributed by atoms with Crippen LogP contribution in [0.15, 0.2) is 15.9 Å². The number of aryl methyl sites for hydroxylation is 1. The number of hydrogen-bond acceptors (Lipinski definition) is 6. The summed E-state index contributed by atoms with van der Waals surface area (Å²) in [6, 6.07) is 0. The summed E-state index contributed by atoms with van der Waals surface area (Å²) in [4.78, 5) is 25.5. The normalized spacial score (nSPS) is 10.3. The molecule has 0 aliphatic rings. The molecular formula is C9H11N6O3+. The van der Waals surface area contributed by atoms with E-state index in [9.17, 15) is 9.70 Å². The molecule has 0 saturated carbocycles. The van der Waals surface area contributed by atoms with E-state index in [2.05, 4.69) is 25.7 Å². The summed E-state index contributed by atoms with van der Waals surface area (Å²) in [7, 11) is 1.47. The van der Waals surface area contributed by atoms with Gasteiger partial charge in [0, 0.05) is 7.05 Å². The van der Waals surface area contributed by atoms with Crippen LogP contribution in [0.3, 0.4) is 0 Å². The minimum atomic E-state index is -0.448. The van der Waals surface area contributed by atoms with Crippen LogP contribution in [-0.2, 0) is 6.54 Å². The number of carbonyl (C=O) groups excluding carboxylic acids is 1. The highest BCUT2D eigenvalue weighted by atomic mass is 16.5. The van der Waals surface area contributed by atoms with Crippen LogP contribution >= 0.6 is 0 Å². The average molecular weight is 251 g/mol. The topological polar surface area (TPSA) is 117 Å². The van der Waals surface area contributed by atoms with Crippen LogP contribution in [0.2, 0.25) is 0 Å². The van der Waals surface area contributed by atoms with Gasteiger partial charge >= 0.3 is 11.8 Å². The molecule has 94 valence electrons. The van der Waals surface area contributed by atoms with Crippen molar-refractivity contribution in [3.8, 4) is 0 Å². The van der Waals surface area contributed by atoms with Crippen LogP contribution < -0.4 is 10.00 Å². The Morgan fingerprint density at radius 3 is 3.06 bits per heavy atom. The molecule has 9 nitrogen and oxygen atoms in total. The summed E-state index contributed by atoms with van der Waals surface area (Å²) in [6.07, 6.45) is 1.53. The van der Waals surface area contributed by atoms with Crippen LogP contribution in [-0.4, -0.2) is 28.2 Å². The molecule has 9 heteroatoms. The van der Waals surface area contributed by atoms with E-state index in [0.29, 0.717) is 17.2 Å². The predicted molar refractivity (Wildman–Crippen MR) is 58.0 cm³/mol. The Bertz CT molecular complexity index is 587. The summed E-state index contributed by atoms with van der Waals surface area (Å²) in [5.74, 6) is -0.237. The number of amides is 1. The average Bonchev–Trinajstić information content (AvgIpc) is 2.95. The lowest BCUT2D eigenvalue weighted by molar-refractivity contribution is -0.743. The fraction of sp³-hybridized carbons (Fsp3) is 0.333. The number of nitroso groups, excluding NO2 is 1. The second-order valence-electron chi connectivity index (χ2n) is 3.57. The number of aromatic amines is 1. The van der Waals surface area contributed by atoms with E-state index in [1.807, 2.05) is 0 Å². The Morgan fingerprint density at radius 1 is 1.67 bits per heavy atom. The zero-order chi connectivity index (χ0) is 13.1. The molecule has 0 atom stereocenters. The molecule has 0 unspecified atom stereocenters. The smallest absolute Gasteiger partial charge is 0.316 e. The summed E-state index contributed by atoms with van der Waals surface area (Å²) in [5.41, 5.74) is 0.949. The Labute approximate surface area is 101 Å². The van der Waals surface area contributed by atoms with E-state index >= 15 is 0 Å². The molecule has 0 fully saturated rings. The first-order chi connectivity index (χ1) is 8.63. The molecule has 18 heavy (non-hydrogen) atoms. The first-order valence-corrected chi connectivity index (χ1v) is 5.11. The number of carbonyl (C=O) groups is 1. The molecule has 2 heterocycles. The van der Waals surface area contributed by atoms with Gasteiger partial charge in [0.15, 0.2) is 5.69 Å². The summed E-state index contributed by atoms with van der Waals surface area (Å²) >= 11 is 0. The standard InChI is InChI=1S/C9H10N6O3/c1-5-6(13-17)3-15(12-5)4-7-11-9(18-14-7)8(16)10-2/h3H,4H2,1-2H3,(H,10,16)/p+1. The molecule has 0 bridgehead atoms. The van der Waals surface area contributed by atoms with Crippen LogP contribution in [0.5, 0.6) is 0 Å². The molecule has 2 aromatic rings. The first kappa shape index (κ1) is 11.9.